The third-order valence-corrected chi connectivity index (χ3v) is 4.48. The maximum absolute atomic E-state index is 6.01. The molecule has 1 unspecified atom stereocenters. The minimum absolute atomic E-state index is 0.0906. The van der Waals surface area contributed by atoms with E-state index in [-0.39, 0.29) is 11.3 Å². The lowest BCUT2D eigenvalue weighted by atomic mass is 10.2. The van der Waals surface area contributed by atoms with Crippen LogP contribution in [0.4, 0.5) is 5.82 Å². The normalized spacial score (nSPS) is 12.8. The first kappa shape index (κ1) is 13.3. The molecule has 0 spiro atoms. The van der Waals surface area contributed by atoms with Crippen molar-refractivity contribution in [2.75, 3.05) is 5.32 Å². The summed E-state index contributed by atoms with van der Waals surface area (Å²) in [7, 11) is 0. The van der Waals surface area contributed by atoms with E-state index in [2.05, 4.69) is 45.4 Å². The van der Waals surface area contributed by atoms with Gasteiger partial charge in [-0.25, -0.2) is 9.97 Å². The summed E-state index contributed by atoms with van der Waals surface area (Å²) in [5.74, 6) is 0.768. The molecule has 3 heterocycles. The first-order valence-electron chi connectivity index (χ1n) is 6.38. The van der Waals surface area contributed by atoms with E-state index in [9.17, 15) is 0 Å². The van der Waals surface area contributed by atoms with Gasteiger partial charge in [0.1, 0.15) is 10.6 Å². The van der Waals surface area contributed by atoms with Crippen molar-refractivity contribution < 1.29 is 0 Å². The molecule has 0 bridgehead atoms. The van der Waals surface area contributed by atoms with Gasteiger partial charge in [-0.2, -0.15) is 5.10 Å². The van der Waals surface area contributed by atoms with Crippen LogP contribution in [-0.2, 0) is 6.42 Å². The Kier molecular flexibility index (Phi) is 3.58. The molecule has 0 fully saturated rings. The van der Waals surface area contributed by atoms with Gasteiger partial charge in [0.2, 0.25) is 5.28 Å². The van der Waals surface area contributed by atoms with Crippen molar-refractivity contribution in [3.8, 4) is 0 Å². The molecule has 1 atom stereocenters. The van der Waals surface area contributed by atoms with Gasteiger partial charge in [0.25, 0.3) is 0 Å². The molecule has 0 saturated heterocycles. The summed E-state index contributed by atoms with van der Waals surface area (Å²) in [5, 5.41) is 11.4. The number of nitrogens with zero attached hydrogens (tertiary/aromatic N) is 3. The maximum Gasteiger partial charge on any atom is 0.225 e. The molecule has 0 amide bonds. The van der Waals surface area contributed by atoms with E-state index in [1.165, 1.54) is 4.88 Å². The smallest absolute Gasteiger partial charge is 0.225 e. The number of anilines is 1. The number of fused-ring (bicyclic) bond motifs is 1. The second kappa shape index (κ2) is 5.38. The summed E-state index contributed by atoms with van der Waals surface area (Å²) in [6.07, 6.45) is 4.64. The molecule has 104 valence electrons. The minimum Gasteiger partial charge on any atom is -0.363 e. The number of nitrogens with one attached hydrogen (secondary N) is 2. The predicted octanol–water partition coefficient (Wildman–Crippen LogP) is 3.80. The van der Waals surface area contributed by atoms with Crippen LogP contribution >= 0.6 is 22.9 Å². The molecule has 0 saturated carbocycles. The quantitative estimate of drug-likeness (QED) is 0.719. The van der Waals surface area contributed by atoms with Gasteiger partial charge in [0.05, 0.1) is 17.6 Å². The molecule has 0 radical (unpaired) electrons. The van der Waals surface area contributed by atoms with Gasteiger partial charge in [-0.05, 0) is 31.0 Å². The Labute approximate surface area is 125 Å². The van der Waals surface area contributed by atoms with Crippen molar-refractivity contribution in [2.24, 2.45) is 0 Å². The van der Waals surface area contributed by atoms with E-state index in [4.69, 9.17) is 11.6 Å². The van der Waals surface area contributed by atoms with Gasteiger partial charge in [-0.15, -0.1) is 11.3 Å². The van der Waals surface area contributed by atoms with E-state index in [1.54, 1.807) is 17.5 Å². The number of H-pyrrole nitrogens is 1. The van der Waals surface area contributed by atoms with E-state index in [0.29, 0.717) is 0 Å². The van der Waals surface area contributed by atoms with Crippen LogP contribution in [0.5, 0.6) is 0 Å². The summed E-state index contributed by atoms with van der Waals surface area (Å²) >= 11 is 7.67. The Morgan fingerprint density at radius 2 is 2.30 bits per heavy atom. The predicted molar refractivity (Wildman–Crippen MR) is 82.4 cm³/mol. The highest BCUT2D eigenvalue weighted by Crippen LogP contribution is 2.31. The van der Waals surface area contributed by atoms with E-state index >= 15 is 0 Å². The number of rotatable bonds is 4. The summed E-state index contributed by atoms with van der Waals surface area (Å²) in [6, 6.07) is 2.22. The molecular weight excluding hydrogens is 294 g/mol. The summed E-state index contributed by atoms with van der Waals surface area (Å²) in [4.78, 5) is 10.8. The third kappa shape index (κ3) is 2.48. The molecule has 3 rings (SSSR count). The van der Waals surface area contributed by atoms with Gasteiger partial charge in [0.15, 0.2) is 0 Å². The van der Waals surface area contributed by atoms with Crippen LogP contribution in [-0.4, -0.2) is 20.2 Å². The summed E-state index contributed by atoms with van der Waals surface area (Å²) in [6.45, 7) is 4.18. The fourth-order valence-electron chi connectivity index (χ4n) is 2.02. The van der Waals surface area contributed by atoms with Crippen LogP contribution in [0.3, 0.4) is 0 Å². The second-order valence-corrected chi connectivity index (χ2v) is 5.98. The molecule has 20 heavy (non-hydrogen) atoms. The number of aryl methyl sites for hydroxylation is 1. The van der Waals surface area contributed by atoms with E-state index in [1.807, 2.05) is 6.20 Å². The average molecular weight is 308 g/mol. The molecule has 2 N–H and O–H groups in total. The van der Waals surface area contributed by atoms with Crippen molar-refractivity contribution in [1.82, 2.24) is 20.2 Å². The minimum atomic E-state index is 0.0906. The number of aromatic nitrogens is 4. The highest BCUT2D eigenvalue weighted by Gasteiger charge is 2.14. The Balaban J connectivity index is 1.99. The number of halogens is 1. The molecule has 7 heteroatoms. The zero-order valence-corrected chi connectivity index (χ0v) is 12.7. The van der Waals surface area contributed by atoms with Crippen LogP contribution in [0.25, 0.3) is 10.2 Å². The molecule has 0 aliphatic carbocycles. The Morgan fingerprint density at radius 3 is 3.00 bits per heavy atom. The molecule has 0 aliphatic heterocycles. The highest BCUT2D eigenvalue weighted by molar-refractivity contribution is 7.18. The number of hydrogen-bond donors (Lipinski definition) is 2. The van der Waals surface area contributed by atoms with Gasteiger partial charge in [-0.3, -0.25) is 5.10 Å². The molecule has 5 nitrogen and oxygen atoms in total. The van der Waals surface area contributed by atoms with Crippen molar-refractivity contribution in [2.45, 2.75) is 26.3 Å². The largest absolute Gasteiger partial charge is 0.363 e. The molecule has 0 aliphatic rings. The number of thiophene rings is 1. The van der Waals surface area contributed by atoms with Crippen LogP contribution in [0, 0.1) is 0 Å². The summed E-state index contributed by atoms with van der Waals surface area (Å²) in [5.41, 5.74) is 1.07. The van der Waals surface area contributed by atoms with Crippen molar-refractivity contribution in [3.05, 3.63) is 34.2 Å². The van der Waals surface area contributed by atoms with Gasteiger partial charge in [-0.1, -0.05) is 6.92 Å². The Bertz CT molecular complexity index is 722. The van der Waals surface area contributed by atoms with E-state index in [0.717, 1.165) is 28.0 Å². The molecular formula is C13H14ClN5S. The summed E-state index contributed by atoms with van der Waals surface area (Å²) < 4.78 is 0. The zero-order chi connectivity index (χ0) is 14.1. The molecule has 0 aromatic carbocycles. The first-order valence-corrected chi connectivity index (χ1v) is 7.58. The van der Waals surface area contributed by atoms with Crippen LogP contribution in [0.15, 0.2) is 18.5 Å². The first-order chi connectivity index (χ1) is 9.67. The topological polar surface area (TPSA) is 66.5 Å². The fraction of sp³-hybridized carbons (Fsp3) is 0.308. The van der Waals surface area contributed by atoms with Crippen molar-refractivity contribution in [3.63, 3.8) is 0 Å². The van der Waals surface area contributed by atoms with Crippen LogP contribution in [0.1, 0.15) is 30.3 Å². The fourth-order valence-corrected chi connectivity index (χ4v) is 3.20. The zero-order valence-electron chi connectivity index (χ0n) is 11.1. The van der Waals surface area contributed by atoms with Crippen molar-refractivity contribution >= 4 is 39.0 Å². The van der Waals surface area contributed by atoms with E-state index < -0.39 is 0 Å². The van der Waals surface area contributed by atoms with Crippen LogP contribution < -0.4 is 5.32 Å². The lowest BCUT2D eigenvalue weighted by molar-refractivity contribution is 0.877. The Morgan fingerprint density at radius 1 is 1.45 bits per heavy atom. The highest BCUT2D eigenvalue weighted by atomic mass is 35.5. The van der Waals surface area contributed by atoms with Crippen LogP contribution in [0.2, 0.25) is 5.28 Å². The van der Waals surface area contributed by atoms with Gasteiger partial charge >= 0.3 is 0 Å². The number of hydrogen-bond acceptors (Lipinski definition) is 5. The standard InChI is InChI=1S/C13H14ClN5S/c1-3-9-4-10-11(18-13(14)19-12(10)20-9)17-7(2)8-5-15-16-6-8/h4-7H,3H2,1-2H3,(H,15,16)(H,17,18,19). The molecule has 3 aromatic heterocycles. The Hall–Kier alpha value is -1.66. The average Bonchev–Trinajstić information content (AvgIpc) is 3.07. The number of aromatic amines is 1. The lowest BCUT2D eigenvalue weighted by Crippen LogP contribution is -2.07. The lowest BCUT2D eigenvalue weighted by Gasteiger charge is -2.13. The van der Waals surface area contributed by atoms with Crippen molar-refractivity contribution in [1.29, 1.82) is 0 Å². The van der Waals surface area contributed by atoms with Gasteiger partial charge < -0.3 is 5.32 Å². The SMILES string of the molecule is CCc1cc2c(NC(C)c3cn[nH]c3)nc(Cl)nc2s1. The molecule has 3 aromatic rings. The van der Waals surface area contributed by atoms with Gasteiger partial charge in [0, 0.05) is 16.6 Å². The third-order valence-electron chi connectivity index (χ3n) is 3.14. The maximum atomic E-state index is 6.01. The second-order valence-electron chi connectivity index (χ2n) is 4.52. The monoisotopic (exact) mass is 307 g/mol.